The number of alkyl halides is 2. The van der Waals surface area contributed by atoms with Crippen LogP contribution in [-0.4, -0.2) is 22.9 Å². The van der Waals surface area contributed by atoms with Crippen LogP contribution in [0.2, 0.25) is 0 Å². The maximum absolute atomic E-state index is 6.26. The van der Waals surface area contributed by atoms with Gasteiger partial charge in [-0.3, -0.25) is 0 Å². The molecule has 0 saturated heterocycles. The molecule has 1 nitrogen and oxygen atoms in total. The minimum Gasteiger partial charge on any atom is -0.373 e. The van der Waals surface area contributed by atoms with Crippen molar-refractivity contribution in [3.05, 3.63) is 71.8 Å². The Morgan fingerprint density at radius 2 is 1.05 bits per heavy atom. The molecule has 0 amide bonds. The lowest BCUT2D eigenvalue weighted by Crippen LogP contribution is -2.28. The number of hydrogen-bond donors (Lipinski definition) is 0. The van der Waals surface area contributed by atoms with Gasteiger partial charge in [-0.2, -0.15) is 0 Å². The van der Waals surface area contributed by atoms with Crippen LogP contribution in [0.15, 0.2) is 60.7 Å². The fourth-order valence-electron chi connectivity index (χ4n) is 2.30. The molecular formula is C18H20Br2O. The lowest BCUT2D eigenvalue weighted by Gasteiger charge is -2.22. The van der Waals surface area contributed by atoms with Crippen molar-refractivity contribution in [3.63, 3.8) is 0 Å². The van der Waals surface area contributed by atoms with Crippen molar-refractivity contribution in [2.24, 2.45) is 0 Å². The average molecular weight is 412 g/mol. The van der Waals surface area contributed by atoms with Gasteiger partial charge < -0.3 is 4.74 Å². The number of ether oxygens (including phenoxy) is 1. The molecule has 0 N–H and O–H groups in total. The molecule has 0 aliphatic rings. The molecule has 0 radical (unpaired) electrons. The molecule has 2 atom stereocenters. The molecular weight excluding hydrogens is 392 g/mol. The number of halogens is 2. The van der Waals surface area contributed by atoms with Gasteiger partial charge in [0.05, 0.1) is 12.2 Å². The van der Waals surface area contributed by atoms with Gasteiger partial charge in [0, 0.05) is 10.7 Å². The summed E-state index contributed by atoms with van der Waals surface area (Å²) in [5, 5.41) is 1.69. The minimum absolute atomic E-state index is 0.193. The van der Waals surface area contributed by atoms with Crippen LogP contribution in [0.3, 0.4) is 0 Å². The summed E-state index contributed by atoms with van der Waals surface area (Å²) in [4.78, 5) is 0. The highest BCUT2D eigenvalue weighted by Gasteiger charge is 2.16. The Hall–Kier alpha value is -0.640. The van der Waals surface area contributed by atoms with E-state index in [4.69, 9.17) is 4.74 Å². The zero-order chi connectivity index (χ0) is 14.9. The zero-order valence-electron chi connectivity index (χ0n) is 11.9. The van der Waals surface area contributed by atoms with Crippen LogP contribution in [0.25, 0.3) is 0 Å². The third kappa shape index (κ3) is 5.93. The number of rotatable bonds is 8. The van der Waals surface area contributed by atoms with Gasteiger partial charge in [-0.25, -0.2) is 0 Å². The molecule has 2 aromatic carbocycles. The van der Waals surface area contributed by atoms with E-state index in [-0.39, 0.29) is 12.2 Å². The Kier molecular flexibility index (Phi) is 7.48. The van der Waals surface area contributed by atoms with E-state index in [1.807, 2.05) is 12.1 Å². The predicted octanol–water partition coefficient (Wildman–Crippen LogP) is 5.02. The van der Waals surface area contributed by atoms with Crippen molar-refractivity contribution in [1.29, 1.82) is 0 Å². The van der Waals surface area contributed by atoms with Gasteiger partial charge in [0.1, 0.15) is 0 Å². The molecule has 112 valence electrons. The van der Waals surface area contributed by atoms with E-state index < -0.39 is 0 Å². The molecule has 0 aliphatic heterocycles. The predicted molar refractivity (Wildman–Crippen MR) is 96.5 cm³/mol. The van der Waals surface area contributed by atoms with Crippen molar-refractivity contribution in [2.45, 2.75) is 25.0 Å². The van der Waals surface area contributed by atoms with Crippen molar-refractivity contribution in [1.82, 2.24) is 0 Å². The van der Waals surface area contributed by atoms with Gasteiger partial charge in [-0.15, -0.1) is 0 Å². The van der Waals surface area contributed by atoms with E-state index >= 15 is 0 Å². The summed E-state index contributed by atoms with van der Waals surface area (Å²) < 4.78 is 6.26. The number of hydrogen-bond acceptors (Lipinski definition) is 1. The zero-order valence-corrected chi connectivity index (χ0v) is 15.1. The molecule has 2 aromatic rings. The first-order chi connectivity index (χ1) is 10.3. The van der Waals surface area contributed by atoms with Crippen LogP contribution < -0.4 is 0 Å². The first-order valence-corrected chi connectivity index (χ1v) is 9.41. The Balaban J connectivity index is 1.92. The summed E-state index contributed by atoms with van der Waals surface area (Å²) in [6, 6.07) is 21.0. The second kappa shape index (κ2) is 9.39. The van der Waals surface area contributed by atoms with Gasteiger partial charge in [-0.1, -0.05) is 92.5 Å². The maximum atomic E-state index is 6.26. The minimum atomic E-state index is 0.193. The molecule has 0 aliphatic carbocycles. The van der Waals surface area contributed by atoms with Crippen molar-refractivity contribution in [2.75, 3.05) is 10.7 Å². The first-order valence-electron chi connectivity index (χ1n) is 7.17. The SMILES string of the molecule is BrCC(Cc1ccccc1)OC(CBr)Cc1ccccc1. The van der Waals surface area contributed by atoms with Gasteiger partial charge in [0.25, 0.3) is 0 Å². The molecule has 0 saturated carbocycles. The molecule has 2 rings (SSSR count). The fraction of sp³-hybridized carbons (Fsp3) is 0.333. The largest absolute Gasteiger partial charge is 0.373 e. The van der Waals surface area contributed by atoms with Crippen LogP contribution in [0.1, 0.15) is 11.1 Å². The van der Waals surface area contributed by atoms with E-state index in [9.17, 15) is 0 Å². The van der Waals surface area contributed by atoms with Crippen molar-refractivity contribution in [3.8, 4) is 0 Å². The van der Waals surface area contributed by atoms with Crippen LogP contribution in [0, 0.1) is 0 Å². The van der Waals surface area contributed by atoms with E-state index in [1.165, 1.54) is 11.1 Å². The molecule has 21 heavy (non-hydrogen) atoms. The van der Waals surface area contributed by atoms with Gasteiger partial charge in [0.15, 0.2) is 0 Å². The maximum Gasteiger partial charge on any atom is 0.0716 e. The summed E-state index contributed by atoms with van der Waals surface area (Å²) in [5.41, 5.74) is 2.63. The highest BCUT2D eigenvalue weighted by atomic mass is 79.9. The Labute approximate surface area is 144 Å². The average Bonchev–Trinajstić information content (AvgIpc) is 2.55. The van der Waals surface area contributed by atoms with Crippen LogP contribution >= 0.6 is 31.9 Å². The molecule has 0 bridgehead atoms. The summed E-state index contributed by atoms with van der Waals surface area (Å²) in [5.74, 6) is 0. The quantitative estimate of drug-likeness (QED) is 0.554. The molecule has 0 aromatic heterocycles. The van der Waals surface area contributed by atoms with Crippen LogP contribution in [0.4, 0.5) is 0 Å². The topological polar surface area (TPSA) is 9.23 Å². The molecule has 2 unspecified atom stereocenters. The Morgan fingerprint density at radius 3 is 1.38 bits per heavy atom. The van der Waals surface area contributed by atoms with Gasteiger partial charge in [0.2, 0.25) is 0 Å². The third-order valence-electron chi connectivity index (χ3n) is 3.34. The Bertz CT molecular complexity index is 454. The van der Waals surface area contributed by atoms with E-state index in [1.54, 1.807) is 0 Å². The molecule has 0 fully saturated rings. The lowest BCUT2D eigenvalue weighted by molar-refractivity contribution is 0.0161. The van der Waals surface area contributed by atoms with E-state index in [0.29, 0.717) is 0 Å². The summed E-state index contributed by atoms with van der Waals surface area (Å²) in [7, 11) is 0. The third-order valence-corrected chi connectivity index (χ3v) is 4.79. The fourth-order valence-corrected chi connectivity index (χ4v) is 3.07. The second-order valence-corrected chi connectivity index (χ2v) is 6.36. The Morgan fingerprint density at radius 1 is 0.667 bits per heavy atom. The first kappa shape index (κ1) is 16.7. The van der Waals surface area contributed by atoms with Gasteiger partial charge >= 0.3 is 0 Å². The highest BCUT2D eigenvalue weighted by Crippen LogP contribution is 2.15. The summed E-state index contributed by atoms with van der Waals surface area (Å²) in [6.45, 7) is 0. The second-order valence-electron chi connectivity index (χ2n) is 5.07. The summed E-state index contributed by atoms with van der Waals surface area (Å²) >= 11 is 7.15. The summed E-state index contributed by atoms with van der Waals surface area (Å²) in [6.07, 6.45) is 2.26. The van der Waals surface area contributed by atoms with E-state index in [2.05, 4.69) is 80.4 Å². The van der Waals surface area contributed by atoms with Crippen molar-refractivity contribution < 1.29 is 4.74 Å². The highest BCUT2D eigenvalue weighted by molar-refractivity contribution is 9.09. The molecule has 0 heterocycles. The van der Waals surface area contributed by atoms with Crippen LogP contribution in [-0.2, 0) is 17.6 Å². The van der Waals surface area contributed by atoms with Gasteiger partial charge in [-0.05, 0) is 24.0 Å². The standard InChI is InChI=1S/C18H20Br2O/c19-13-17(11-15-7-3-1-4-8-15)21-18(14-20)12-16-9-5-2-6-10-16/h1-10,17-18H,11-14H2. The lowest BCUT2D eigenvalue weighted by atomic mass is 10.1. The normalized spacial score (nSPS) is 13.8. The van der Waals surface area contributed by atoms with Crippen molar-refractivity contribution >= 4 is 31.9 Å². The number of benzene rings is 2. The smallest absolute Gasteiger partial charge is 0.0716 e. The molecule has 0 spiro atoms. The van der Waals surface area contributed by atoms with E-state index in [0.717, 1.165) is 23.5 Å². The monoisotopic (exact) mass is 410 g/mol. The molecule has 3 heteroatoms. The van der Waals surface area contributed by atoms with Crippen LogP contribution in [0.5, 0.6) is 0 Å².